The molecule has 2 heteroatoms. The van der Waals surface area contributed by atoms with Gasteiger partial charge in [-0.2, -0.15) is 0 Å². The molecule has 0 spiro atoms. The Morgan fingerprint density at radius 2 is 1.62 bits per heavy atom. The summed E-state index contributed by atoms with van der Waals surface area (Å²) in [7, 11) is 0. The molecule has 0 aromatic heterocycles. The van der Waals surface area contributed by atoms with Crippen molar-refractivity contribution in [3.8, 4) is 0 Å². The summed E-state index contributed by atoms with van der Waals surface area (Å²) in [5.74, 6) is 0.962. The molecule has 0 rings (SSSR count). The minimum Gasteiger partial charge on any atom is -1.00 e. The summed E-state index contributed by atoms with van der Waals surface area (Å²) < 4.78 is 1.56. The maximum Gasteiger partial charge on any atom is -1.00 e. The molecule has 0 atom stereocenters. The minimum absolute atomic E-state index is 0. The molecule has 0 N–H and O–H groups in total. The summed E-state index contributed by atoms with van der Waals surface area (Å²) in [5.41, 5.74) is 0. The number of rotatable bonds is 2. The zero-order valence-corrected chi connectivity index (χ0v) is 10.6. The van der Waals surface area contributed by atoms with Gasteiger partial charge in [-0.05, 0) is 0 Å². The van der Waals surface area contributed by atoms with Gasteiger partial charge in [0.05, 0.1) is 0 Å². The van der Waals surface area contributed by atoms with Gasteiger partial charge in [-0.1, -0.05) is 0 Å². The van der Waals surface area contributed by atoms with E-state index in [1.54, 1.807) is 4.44 Å². The van der Waals surface area contributed by atoms with E-state index in [-0.39, 0.29) is 17.0 Å². The zero-order chi connectivity index (χ0) is 5.86. The second-order valence-corrected chi connectivity index (χ2v) is 10.9. The smallest absolute Gasteiger partial charge is 1.00 e. The van der Waals surface area contributed by atoms with Crippen molar-refractivity contribution in [2.24, 2.45) is 5.92 Å². The van der Waals surface area contributed by atoms with E-state index >= 15 is 0 Å². The SMILES string of the molecule is CC(C)[CH2][Sn+]([CH3])[CH3].[Br-]. The number of halogens is 1. The molecule has 0 aliphatic rings. The van der Waals surface area contributed by atoms with Crippen molar-refractivity contribution in [1.82, 2.24) is 0 Å². The van der Waals surface area contributed by atoms with Crippen LogP contribution >= 0.6 is 0 Å². The maximum absolute atomic E-state index is 2.46. The average Bonchev–Trinajstić information content (AvgIpc) is 1.27. The second-order valence-electron chi connectivity index (χ2n) is 2.81. The first-order valence-corrected chi connectivity index (χ1v) is 10.6. The summed E-state index contributed by atoms with van der Waals surface area (Å²) in [6, 6.07) is 0. The normalized spacial score (nSPS) is 8.62. The third-order valence-corrected chi connectivity index (χ3v) is 5.48. The molecule has 8 heavy (non-hydrogen) atoms. The zero-order valence-electron chi connectivity index (χ0n) is 6.16. The molecule has 0 aromatic rings. The van der Waals surface area contributed by atoms with Crippen molar-refractivity contribution < 1.29 is 17.0 Å². The van der Waals surface area contributed by atoms with Crippen molar-refractivity contribution >= 4 is 19.8 Å². The van der Waals surface area contributed by atoms with Gasteiger partial charge in [0.1, 0.15) is 0 Å². The van der Waals surface area contributed by atoms with Gasteiger partial charge in [-0.15, -0.1) is 0 Å². The Morgan fingerprint density at radius 1 is 1.25 bits per heavy atom. The van der Waals surface area contributed by atoms with Gasteiger partial charge in [0.15, 0.2) is 0 Å². The third-order valence-electron chi connectivity index (χ3n) is 0.816. The van der Waals surface area contributed by atoms with Gasteiger partial charge in [-0.25, -0.2) is 0 Å². The average molecular weight is 286 g/mol. The molecule has 0 aliphatic heterocycles. The fourth-order valence-electron chi connectivity index (χ4n) is 0.816. The van der Waals surface area contributed by atoms with Crippen LogP contribution in [-0.2, 0) is 0 Å². The van der Waals surface area contributed by atoms with Crippen molar-refractivity contribution in [3.05, 3.63) is 0 Å². The van der Waals surface area contributed by atoms with Crippen LogP contribution in [0.3, 0.4) is 0 Å². The maximum atomic E-state index is 2.46. The van der Waals surface area contributed by atoms with Crippen LogP contribution in [0.5, 0.6) is 0 Å². The van der Waals surface area contributed by atoms with Crippen molar-refractivity contribution in [3.63, 3.8) is 0 Å². The summed E-state index contributed by atoms with van der Waals surface area (Å²) in [5, 5.41) is 0. The van der Waals surface area contributed by atoms with Crippen LogP contribution in [0.1, 0.15) is 13.8 Å². The predicted octanol–water partition coefficient (Wildman–Crippen LogP) is -0.599. The van der Waals surface area contributed by atoms with Crippen molar-refractivity contribution in [1.29, 1.82) is 0 Å². The number of hydrogen-bond donors (Lipinski definition) is 0. The van der Waals surface area contributed by atoms with Crippen molar-refractivity contribution in [2.45, 2.75) is 28.2 Å². The van der Waals surface area contributed by atoms with E-state index in [0.717, 1.165) is 5.92 Å². The summed E-state index contributed by atoms with van der Waals surface area (Å²) in [6.45, 7) is 4.63. The second kappa shape index (κ2) is 6.40. The fourth-order valence-corrected chi connectivity index (χ4v) is 5.48. The molecule has 0 nitrogen and oxygen atoms in total. The topological polar surface area (TPSA) is 0 Å². The van der Waals surface area contributed by atoms with Crippen LogP contribution in [0.4, 0.5) is 0 Å². The molecule has 0 radical (unpaired) electrons. The van der Waals surface area contributed by atoms with Crippen LogP contribution in [-0.4, -0.2) is 19.8 Å². The summed E-state index contributed by atoms with van der Waals surface area (Å²) in [4.78, 5) is 4.92. The van der Waals surface area contributed by atoms with Gasteiger partial charge in [0.25, 0.3) is 0 Å². The van der Waals surface area contributed by atoms with E-state index in [0.29, 0.717) is 0 Å². The molecule has 0 aliphatic carbocycles. The van der Waals surface area contributed by atoms with Crippen LogP contribution in [0.2, 0.25) is 14.3 Å². The summed E-state index contributed by atoms with van der Waals surface area (Å²) >= 11 is -0.687. The quantitative estimate of drug-likeness (QED) is 0.595. The van der Waals surface area contributed by atoms with Gasteiger partial charge in [-0.3, -0.25) is 0 Å². The fraction of sp³-hybridized carbons (Fsp3) is 1.00. The van der Waals surface area contributed by atoms with Crippen LogP contribution in [0.25, 0.3) is 0 Å². The Morgan fingerprint density at radius 3 is 1.62 bits per heavy atom. The molecule has 0 saturated carbocycles. The van der Waals surface area contributed by atoms with Gasteiger partial charge >= 0.3 is 53.8 Å². The van der Waals surface area contributed by atoms with Crippen LogP contribution in [0.15, 0.2) is 0 Å². The number of hydrogen-bond acceptors (Lipinski definition) is 0. The Kier molecular flexibility index (Phi) is 9.60. The predicted molar refractivity (Wildman–Crippen MR) is 37.1 cm³/mol. The molecule has 0 saturated heterocycles. The molecule has 0 fully saturated rings. The van der Waals surface area contributed by atoms with Gasteiger partial charge in [0, 0.05) is 0 Å². The molecule has 0 unspecified atom stereocenters. The molecule has 0 bridgehead atoms. The molecule has 0 amide bonds. The van der Waals surface area contributed by atoms with E-state index < -0.39 is 19.8 Å². The standard InChI is InChI=1S/C4H9.2CH3.BrH.Sn/c1-4(2)3;;;;/h4H,1H2,2-3H3;2*1H3;1H;/q;;;;+1/p-1. The largest absolute Gasteiger partial charge is 1.00 e. The molecule has 50 valence electrons. The first kappa shape index (κ1) is 12.0. The Hall–Kier alpha value is 1.28. The first-order valence-electron chi connectivity index (χ1n) is 2.92. The monoisotopic (exact) mass is 286 g/mol. The molecule has 0 heterocycles. The third kappa shape index (κ3) is 10.3. The van der Waals surface area contributed by atoms with E-state index in [2.05, 4.69) is 23.7 Å². The summed E-state index contributed by atoms with van der Waals surface area (Å²) in [6.07, 6.45) is 0. The van der Waals surface area contributed by atoms with E-state index in [1.807, 2.05) is 0 Å². The van der Waals surface area contributed by atoms with E-state index in [4.69, 9.17) is 0 Å². The Labute approximate surface area is 70.6 Å². The van der Waals surface area contributed by atoms with Crippen LogP contribution in [0, 0.1) is 5.92 Å². The minimum atomic E-state index is -0.687. The Balaban J connectivity index is 0. The Bertz CT molecular complexity index is 37.8. The van der Waals surface area contributed by atoms with E-state index in [9.17, 15) is 0 Å². The molecule has 0 aromatic carbocycles. The molecular formula is C6H15BrSn. The first-order chi connectivity index (χ1) is 3.13. The molecular weight excluding hydrogens is 271 g/mol. The van der Waals surface area contributed by atoms with Crippen LogP contribution < -0.4 is 17.0 Å². The van der Waals surface area contributed by atoms with Crippen molar-refractivity contribution in [2.75, 3.05) is 0 Å². The van der Waals surface area contributed by atoms with Gasteiger partial charge < -0.3 is 17.0 Å². The van der Waals surface area contributed by atoms with E-state index in [1.165, 1.54) is 0 Å². The van der Waals surface area contributed by atoms with Gasteiger partial charge in [0.2, 0.25) is 0 Å².